The van der Waals surface area contributed by atoms with E-state index in [1.54, 1.807) is 12.4 Å². The van der Waals surface area contributed by atoms with Crippen LogP contribution in [-0.4, -0.2) is 34.5 Å². The molecule has 4 nitrogen and oxygen atoms in total. The largest absolute Gasteiger partial charge is 0.330 e. The van der Waals surface area contributed by atoms with E-state index in [-0.39, 0.29) is 12.4 Å². The molecule has 1 aliphatic heterocycles. The average Bonchev–Trinajstić information content (AvgIpc) is 2.39. The van der Waals surface area contributed by atoms with Crippen LogP contribution in [0, 0.1) is 5.92 Å². The van der Waals surface area contributed by atoms with Crippen LogP contribution in [0.15, 0.2) is 18.6 Å². The number of aromatic nitrogens is 2. The summed E-state index contributed by atoms with van der Waals surface area (Å²) in [5.41, 5.74) is 6.81. The molecular weight excluding hydrogens is 236 g/mol. The van der Waals surface area contributed by atoms with Gasteiger partial charge in [0, 0.05) is 25.1 Å². The molecule has 0 radical (unpaired) electrons. The molecule has 1 aromatic rings. The molecule has 2 atom stereocenters. The fourth-order valence-corrected chi connectivity index (χ4v) is 2.35. The van der Waals surface area contributed by atoms with Gasteiger partial charge in [-0.15, -0.1) is 12.4 Å². The monoisotopic (exact) mass is 256 g/mol. The van der Waals surface area contributed by atoms with Crippen molar-refractivity contribution >= 4 is 12.4 Å². The number of nitrogens with two attached hydrogens (primary N) is 1. The van der Waals surface area contributed by atoms with Gasteiger partial charge < -0.3 is 5.73 Å². The molecule has 2 rings (SSSR count). The average molecular weight is 257 g/mol. The summed E-state index contributed by atoms with van der Waals surface area (Å²) in [4.78, 5) is 11.0. The van der Waals surface area contributed by atoms with Gasteiger partial charge in [0.15, 0.2) is 0 Å². The van der Waals surface area contributed by atoms with E-state index >= 15 is 0 Å². The molecule has 0 saturated carbocycles. The SMILES string of the molecule is CC(c1cnccn1)N1CCCC(CN)C1.Cl. The Kier molecular flexibility index (Phi) is 5.82. The zero-order valence-corrected chi connectivity index (χ0v) is 11.1. The normalized spacial score (nSPS) is 22.8. The van der Waals surface area contributed by atoms with Gasteiger partial charge in [-0.3, -0.25) is 14.9 Å². The highest BCUT2D eigenvalue weighted by Crippen LogP contribution is 2.24. The van der Waals surface area contributed by atoms with E-state index < -0.39 is 0 Å². The van der Waals surface area contributed by atoms with Crippen molar-refractivity contribution in [3.05, 3.63) is 24.3 Å². The highest BCUT2D eigenvalue weighted by atomic mass is 35.5. The minimum absolute atomic E-state index is 0. The fourth-order valence-electron chi connectivity index (χ4n) is 2.35. The minimum atomic E-state index is 0. The Labute approximate surface area is 109 Å². The van der Waals surface area contributed by atoms with E-state index in [0.29, 0.717) is 12.0 Å². The molecule has 2 N–H and O–H groups in total. The molecular formula is C12H21ClN4. The molecule has 0 aromatic carbocycles. The molecule has 1 saturated heterocycles. The molecule has 5 heteroatoms. The van der Waals surface area contributed by atoms with Crippen molar-refractivity contribution in [3.63, 3.8) is 0 Å². The molecule has 1 fully saturated rings. The maximum Gasteiger partial charge on any atom is 0.0755 e. The van der Waals surface area contributed by atoms with Crippen molar-refractivity contribution < 1.29 is 0 Å². The summed E-state index contributed by atoms with van der Waals surface area (Å²) >= 11 is 0. The topological polar surface area (TPSA) is 55.0 Å². The number of hydrogen-bond acceptors (Lipinski definition) is 4. The molecule has 96 valence electrons. The van der Waals surface area contributed by atoms with Crippen LogP contribution in [0.2, 0.25) is 0 Å². The minimum Gasteiger partial charge on any atom is -0.330 e. The number of halogens is 1. The quantitative estimate of drug-likeness (QED) is 0.893. The van der Waals surface area contributed by atoms with Crippen LogP contribution in [0.5, 0.6) is 0 Å². The number of piperidine rings is 1. The Morgan fingerprint density at radius 2 is 2.35 bits per heavy atom. The van der Waals surface area contributed by atoms with Gasteiger partial charge >= 0.3 is 0 Å². The molecule has 0 bridgehead atoms. The lowest BCUT2D eigenvalue weighted by atomic mass is 9.96. The van der Waals surface area contributed by atoms with Gasteiger partial charge in [-0.25, -0.2) is 0 Å². The predicted octanol–water partition coefficient (Wildman–Crippen LogP) is 1.63. The van der Waals surface area contributed by atoms with Gasteiger partial charge in [0.1, 0.15) is 0 Å². The lowest BCUT2D eigenvalue weighted by molar-refractivity contribution is 0.132. The summed E-state index contributed by atoms with van der Waals surface area (Å²) in [6.45, 7) is 5.23. The second-order valence-electron chi connectivity index (χ2n) is 4.55. The van der Waals surface area contributed by atoms with Gasteiger partial charge in [0.05, 0.1) is 11.7 Å². The first-order valence-electron chi connectivity index (χ1n) is 6.01. The van der Waals surface area contributed by atoms with Crippen molar-refractivity contribution in [1.29, 1.82) is 0 Å². The zero-order valence-electron chi connectivity index (χ0n) is 10.2. The van der Waals surface area contributed by atoms with Crippen LogP contribution in [0.1, 0.15) is 31.5 Å². The summed E-state index contributed by atoms with van der Waals surface area (Å²) in [6.07, 6.45) is 7.84. The molecule has 0 aliphatic carbocycles. The summed E-state index contributed by atoms with van der Waals surface area (Å²) in [6, 6.07) is 0.350. The van der Waals surface area contributed by atoms with E-state index in [1.165, 1.54) is 12.8 Å². The molecule has 17 heavy (non-hydrogen) atoms. The molecule has 0 amide bonds. The summed E-state index contributed by atoms with van der Waals surface area (Å²) in [5, 5.41) is 0. The van der Waals surface area contributed by atoms with E-state index in [4.69, 9.17) is 5.73 Å². The highest BCUT2D eigenvalue weighted by Gasteiger charge is 2.24. The second-order valence-corrected chi connectivity index (χ2v) is 4.55. The summed E-state index contributed by atoms with van der Waals surface area (Å²) < 4.78 is 0. The number of likely N-dealkylation sites (tertiary alicyclic amines) is 1. The van der Waals surface area contributed by atoms with Crippen molar-refractivity contribution in [3.8, 4) is 0 Å². The molecule has 2 heterocycles. The molecule has 2 unspecified atom stereocenters. The smallest absolute Gasteiger partial charge is 0.0755 e. The lowest BCUT2D eigenvalue weighted by Gasteiger charge is -2.36. The predicted molar refractivity (Wildman–Crippen MR) is 71.0 cm³/mol. The molecule has 1 aromatic heterocycles. The van der Waals surface area contributed by atoms with Gasteiger partial charge in [-0.05, 0) is 38.8 Å². The van der Waals surface area contributed by atoms with Gasteiger partial charge in [-0.2, -0.15) is 0 Å². The Hall–Kier alpha value is -0.710. The first kappa shape index (κ1) is 14.4. The van der Waals surface area contributed by atoms with Gasteiger partial charge in [0.2, 0.25) is 0 Å². The van der Waals surface area contributed by atoms with Crippen molar-refractivity contribution in [2.45, 2.75) is 25.8 Å². The fraction of sp³-hybridized carbons (Fsp3) is 0.667. The first-order valence-corrected chi connectivity index (χ1v) is 6.01. The van der Waals surface area contributed by atoms with Crippen molar-refractivity contribution in [2.24, 2.45) is 11.7 Å². The number of nitrogens with zero attached hydrogens (tertiary/aromatic N) is 3. The van der Waals surface area contributed by atoms with Crippen LogP contribution in [0.3, 0.4) is 0 Å². The van der Waals surface area contributed by atoms with E-state index in [0.717, 1.165) is 25.3 Å². The van der Waals surface area contributed by atoms with E-state index in [9.17, 15) is 0 Å². The van der Waals surface area contributed by atoms with Gasteiger partial charge in [-0.1, -0.05) is 0 Å². The molecule has 1 aliphatic rings. The Bertz CT molecular complexity index is 320. The highest BCUT2D eigenvalue weighted by molar-refractivity contribution is 5.85. The molecule has 0 spiro atoms. The van der Waals surface area contributed by atoms with Crippen LogP contribution >= 0.6 is 12.4 Å². The summed E-state index contributed by atoms with van der Waals surface area (Å²) in [7, 11) is 0. The third-order valence-electron chi connectivity index (χ3n) is 3.44. The standard InChI is InChI=1S/C12H20N4.ClH/c1-10(12-8-14-4-5-15-12)16-6-2-3-11(7-13)9-16;/h4-5,8,10-11H,2-3,6-7,9,13H2,1H3;1H. The zero-order chi connectivity index (χ0) is 11.4. The van der Waals surface area contributed by atoms with Gasteiger partial charge in [0.25, 0.3) is 0 Å². The van der Waals surface area contributed by atoms with Crippen LogP contribution in [-0.2, 0) is 0 Å². The van der Waals surface area contributed by atoms with E-state index in [2.05, 4.69) is 21.8 Å². The first-order chi connectivity index (χ1) is 7.81. The van der Waals surface area contributed by atoms with Crippen molar-refractivity contribution in [1.82, 2.24) is 14.9 Å². The van der Waals surface area contributed by atoms with Crippen LogP contribution in [0.4, 0.5) is 0 Å². The van der Waals surface area contributed by atoms with Crippen molar-refractivity contribution in [2.75, 3.05) is 19.6 Å². The Morgan fingerprint density at radius 1 is 1.53 bits per heavy atom. The van der Waals surface area contributed by atoms with Crippen LogP contribution < -0.4 is 5.73 Å². The Morgan fingerprint density at radius 3 is 3.00 bits per heavy atom. The lowest BCUT2D eigenvalue weighted by Crippen LogP contribution is -2.40. The third-order valence-corrected chi connectivity index (χ3v) is 3.44. The summed E-state index contributed by atoms with van der Waals surface area (Å²) in [5.74, 6) is 0.646. The second kappa shape index (κ2) is 6.89. The maximum atomic E-state index is 5.75. The Balaban J connectivity index is 0.00000144. The van der Waals surface area contributed by atoms with E-state index in [1.807, 2.05) is 6.20 Å². The third kappa shape index (κ3) is 3.63. The number of rotatable bonds is 3. The maximum absolute atomic E-state index is 5.75. The number of hydrogen-bond donors (Lipinski definition) is 1. The van der Waals surface area contributed by atoms with Crippen LogP contribution in [0.25, 0.3) is 0 Å².